The number of amides is 2. The van der Waals surface area contributed by atoms with Gasteiger partial charge >= 0.3 is 6.03 Å². The molecule has 0 aliphatic heterocycles. The lowest BCUT2D eigenvalue weighted by molar-refractivity contribution is 0.0923. The number of Topliss-reactive ketones (excluding diaryl/α,β-unsaturated/α-hetero) is 1. The Morgan fingerprint density at radius 2 is 1.92 bits per heavy atom. The first-order valence-electron chi connectivity index (χ1n) is 12.1. The average Bonchev–Trinajstić information content (AvgIpc) is 3.68. The quantitative estimate of drug-likeness (QED) is 0.147. The molecule has 2 amide bonds. The van der Waals surface area contributed by atoms with Crippen molar-refractivity contribution in [2.75, 3.05) is 10.6 Å². The number of ketones is 1. The van der Waals surface area contributed by atoms with Crippen LogP contribution in [0.3, 0.4) is 0 Å². The Morgan fingerprint density at radius 1 is 1.11 bits per heavy atom. The van der Waals surface area contributed by atoms with Gasteiger partial charge in [0.2, 0.25) is 0 Å². The van der Waals surface area contributed by atoms with E-state index in [9.17, 15) is 9.59 Å². The van der Waals surface area contributed by atoms with E-state index >= 15 is 0 Å². The highest BCUT2D eigenvalue weighted by Crippen LogP contribution is 2.38. The molecule has 2 heterocycles. The third-order valence-electron chi connectivity index (χ3n) is 6.08. The van der Waals surface area contributed by atoms with Crippen LogP contribution in [0, 0.1) is 12.8 Å². The highest BCUT2D eigenvalue weighted by molar-refractivity contribution is 8.01. The van der Waals surface area contributed by atoms with Crippen LogP contribution in [0.5, 0.6) is 0 Å². The summed E-state index contributed by atoms with van der Waals surface area (Å²) in [5, 5.41) is 7.02. The first kappa shape index (κ1) is 25.6. The van der Waals surface area contributed by atoms with Crippen LogP contribution in [0.25, 0.3) is 0 Å². The van der Waals surface area contributed by atoms with E-state index in [1.807, 2.05) is 37.3 Å². The highest BCUT2D eigenvalue weighted by Gasteiger charge is 2.26. The molecule has 7 nitrogen and oxygen atoms in total. The summed E-state index contributed by atoms with van der Waals surface area (Å²) >= 11 is 4.58. The van der Waals surface area contributed by atoms with Crippen LogP contribution in [0.1, 0.15) is 47.3 Å². The van der Waals surface area contributed by atoms with Crippen molar-refractivity contribution in [2.45, 2.75) is 52.6 Å². The number of nitrogens with one attached hydrogen (secondary N) is 3. The van der Waals surface area contributed by atoms with Crippen LogP contribution in [-0.2, 0) is 5.75 Å². The maximum atomic E-state index is 13.2. The summed E-state index contributed by atoms with van der Waals surface area (Å²) in [5.74, 6) is 0.809. The Kier molecular flexibility index (Phi) is 8.28. The summed E-state index contributed by atoms with van der Waals surface area (Å²) in [6.45, 7) is 1.96. The summed E-state index contributed by atoms with van der Waals surface area (Å²) in [7, 11) is 0. The van der Waals surface area contributed by atoms with Crippen LogP contribution >= 0.6 is 34.9 Å². The zero-order valence-electron chi connectivity index (χ0n) is 20.3. The van der Waals surface area contributed by atoms with Crippen molar-refractivity contribution in [3.8, 4) is 0 Å². The summed E-state index contributed by atoms with van der Waals surface area (Å²) in [5.41, 5.74) is 2.98. The van der Waals surface area contributed by atoms with Crippen molar-refractivity contribution in [1.82, 2.24) is 15.0 Å². The number of aromatic nitrogens is 3. The molecule has 37 heavy (non-hydrogen) atoms. The maximum Gasteiger partial charge on any atom is 0.325 e. The zero-order valence-corrected chi connectivity index (χ0v) is 22.8. The number of urea groups is 1. The zero-order chi connectivity index (χ0) is 25.6. The van der Waals surface area contributed by atoms with Crippen molar-refractivity contribution in [1.29, 1.82) is 0 Å². The standard InChI is InChI=1S/C27H27N5O2S3/c1-17-11-12-21(20(15-17)23(33)18-7-5-6-8-18)30-25(34)32-27-31-22(16-35-19-9-3-2-4-10-19)24(37-27)36-26-28-13-14-29-26/h2-4,9-15,18H,5-8,16H2,1H3,(H,28,29)(H2,30,31,32,34). The summed E-state index contributed by atoms with van der Waals surface area (Å²) < 4.78 is 0.959. The van der Waals surface area contributed by atoms with E-state index in [0.717, 1.165) is 51.2 Å². The summed E-state index contributed by atoms with van der Waals surface area (Å²) in [6.07, 6.45) is 7.48. The minimum absolute atomic E-state index is 0.0373. The van der Waals surface area contributed by atoms with Crippen LogP contribution in [0.4, 0.5) is 15.6 Å². The van der Waals surface area contributed by atoms with E-state index < -0.39 is 6.03 Å². The highest BCUT2D eigenvalue weighted by atomic mass is 32.2. The maximum absolute atomic E-state index is 13.2. The number of nitrogens with zero attached hydrogens (tertiary/aromatic N) is 2. The normalized spacial score (nSPS) is 13.5. The molecule has 5 rings (SSSR count). The van der Waals surface area contributed by atoms with Crippen molar-refractivity contribution in [2.24, 2.45) is 5.92 Å². The van der Waals surface area contributed by atoms with Gasteiger partial charge in [0.15, 0.2) is 16.1 Å². The Morgan fingerprint density at radius 3 is 2.68 bits per heavy atom. The van der Waals surface area contributed by atoms with Gasteiger partial charge in [0.05, 0.1) is 15.6 Å². The second-order valence-corrected chi connectivity index (χ2v) is 12.1. The lowest BCUT2D eigenvalue weighted by Crippen LogP contribution is -2.22. The van der Waals surface area contributed by atoms with Gasteiger partial charge in [-0.3, -0.25) is 10.1 Å². The monoisotopic (exact) mass is 549 g/mol. The lowest BCUT2D eigenvalue weighted by Gasteiger charge is -2.14. The number of carbonyl (C=O) groups excluding carboxylic acids is 2. The number of hydrogen-bond acceptors (Lipinski definition) is 7. The molecule has 2 aromatic carbocycles. The number of aryl methyl sites for hydroxylation is 1. The van der Waals surface area contributed by atoms with Crippen LogP contribution in [0.2, 0.25) is 0 Å². The predicted molar refractivity (Wildman–Crippen MR) is 151 cm³/mol. The molecule has 0 bridgehead atoms. The molecule has 0 unspecified atom stereocenters. The van der Waals surface area contributed by atoms with Crippen molar-refractivity contribution >= 4 is 57.5 Å². The second kappa shape index (κ2) is 12.0. The van der Waals surface area contributed by atoms with Crippen molar-refractivity contribution in [3.63, 3.8) is 0 Å². The fraction of sp³-hybridized carbons (Fsp3) is 0.259. The minimum atomic E-state index is -0.421. The lowest BCUT2D eigenvalue weighted by atomic mass is 9.94. The smallest absolute Gasteiger partial charge is 0.325 e. The van der Waals surface area contributed by atoms with Gasteiger partial charge in [0, 0.05) is 34.5 Å². The number of benzene rings is 2. The van der Waals surface area contributed by atoms with Gasteiger partial charge in [-0.15, -0.1) is 11.8 Å². The summed E-state index contributed by atoms with van der Waals surface area (Å²) in [6, 6.07) is 15.3. The van der Waals surface area contributed by atoms with Crippen molar-refractivity contribution in [3.05, 3.63) is 77.7 Å². The van der Waals surface area contributed by atoms with E-state index in [1.54, 1.807) is 30.2 Å². The first-order valence-corrected chi connectivity index (χ1v) is 14.7. The van der Waals surface area contributed by atoms with Gasteiger partial charge < -0.3 is 10.3 Å². The van der Waals surface area contributed by atoms with E-state index in [4.69, 9.17) is 4.98 Å². The number of H-pyrrole nitrogens is 1. The van der Waals surface area contributed by atoms with Crippen LogP contribution < -0.4 is 10.6 Å². The number of anilines is 2. The minimum Gasteiger partial charge on any atom is -0.339 e. The SMILES string of the molecule is Cc1ccc(NC(=O)Nc2nc(CSc3ccccc3)c(Sc3ncc[nH]3)s2)c(C(=O)C2CCCC2)c1. The number of hydrogen-bond donors (Lipinski definition) is 3. The number of thiazole rings is 1. The Bertz CT molecular complexity index is 1370. The fourth-order valence-corrected chi connectivity index (χ4v) is 7.30. The second-order valence-electron chi connectivity index (χ2n) is 8.83. The first-order chi connectivity index (χ1) is 18.0. The number of thioether (sulfide) groups is 1. The molecular formula is C27H27N5O2S3. The van der Waals surface area contributed by atoms with Gasteiger partial charge in [-0.05, 0) is 55.8 Å². The molecule has 1 aliphatic rings. The predicted octanol–water partition coefficient (Wildman–Crippen LogP) is 7.64. The molecule has 0 radical (unpaired) electrons. The molecule has 10 heteroatoms. The fourth-order valence-electron chi connectivity index (χ4n) is 4.25. The molecular weight excluding hydrogens is 523 g/mol. The topological polar surface area (TPSA) is 99.8 Å². The van der Waals surface area contributed by atoms with Gasteiger partial charge in [-0.2, -0.15) is 0 Å². The molecule has 2 aromatic heterocycles. The van der Waals surface area contributed by atoms with Gasteiger partial charge in [-0.1, -0.05) is 54.0 Å². The van der Waals surface area contributed by atoms with E-state index in [0.29, 0.717) is 22.1 Å². The van der Waals surface area contributed by atoms with E-state index in [1.165, 1.54) is 23.1 Å². The molecule has 1 saturated carbocycles. The largest absolute Gasteiger partial charge is 0.339 e. The molecule has 190 valence electrons. The van der Waals surface area contributed by atoms with E-state index in [-0.39, 0.29) is 11.7 Å². The number of carbonyl (C=O) groups is 2. The van der Waals surface area contributed by atoms with Crippen LogP contribution in [0.15, 0.2) is 75.2 Å². The number of rotatable bonds is 9. The Hall–Kier alpha value is -3.08. The third-order valence-corrected chi connectivity index (χ3v) is 9.25. The molecule has 1 fully saturated rings. The Labute approximate surface area is 228 Å². The molecule has 1 aliphatic carbocycles. The average molecular weight is 550 g/mol. The molecule has 4 aromatic rings. The van der Waals surface area contributed by atoms with Crippen molar-refractivity contribution < 1.29 is 9.59 Å². The number of imidazole rings is 1. The Balaban J connectivity index is 1.31. The summed E-state index contributed by atoms with van der Waals surface area (Å²) in [4.78, 5) is 39.4. The van der Waals surface area contributed by atoms with Crippen LogP contribution in [-0.4, -0.2) is 26.8 Å². The van der Waals surface area contributed by atoms with Gasteiger partial charge in [-0.25, -0.2) is 14.8 Å². The third kappa shape index (κ3) is 6.63. The van der Waals surface area contributed by atoms with Gasteiger partial charge in [0.25, 0.3) is 0 Å². The molecule has 0 atom stereocenters. The molecule has 0 spiro atoms. The molecule has 3 N–H and O–H groups in total. The van der Waals surface area contributed by atoms with E-state index in [2.05, 4.69) is 32.7 Å². The molecule has 0 saturated heterocycles. The van der Waals surface area contributed by atoms with Gasteiger partial charge in [0.1, 0.15) is 0 Å². The number of aromatic amines is 1.